The van der Waals surface area contributed by atoms with Crippen molar-refractivity contribution in [2.24, 2.45) is 0 Å². The summed E-state index contributed by atoms with van der Waals surface area (Å²) in [7, 11) is 0. The second-order valence-electron chi connectivity index (χ2n) is 5.63. The number of nitrogens with one attached hydrogen (secondary N) is 1. The molecule has 1 aromatic carbocycles. The van der Waals surface area contributed by atoms with Gasteiger partial charge in [0.2, 0.25) is 5.91 Å². The number of hydrogen-bond acceptors (Lipinski definition) is 4. The van der Waals surface area contributed by atoms with Crippen LogP contribution >= 0.6 is 11.8 Å². The average molecular weight is 323 g/mol. The molecule has 0 saturated heterocycles. The van der Waals surface area contributed by atoms with E-state index in [1.165, 1.54) is 11.8 Å². The van der Waals surface area contributed by atoms with Crippen LogP contribution in [0.25, 0.3) is 10.9 Å². The smallest absolute Gasteiger partial charge is 0.240 e. The van der Waals surface area contributed by atoms with Crippen molar-refractivity contribution in [3.63, 3.8) is 0 Å². The van der Waals surface area contributed by atoms with Gasteiger partial charge in [-0.25, -0.2) is 0 Å². The topological polar surface area (TPSA) is 54.9 Å². The Bertz CT molecular complexity index is 829. The van der Waals surface area contributed by atoms with Crippen LogP contribution in [0.4, 0.5) is 5.69 Å². The molecular weight excluding hydrogens is 306 g/mol. The first-order valence-corrected chi connectivity index (χ1v) is 8.12. The van der Waals surface area contributed by atoms with Gasteiger partial charge in [-0.05, 0) is 38.1 Å². The SMILES string of the molecule is CC(C)(Sc1ccnc2ccccc12)C(=O)Nc1cccnc1. The van der Waals surface area contributed by atoms with Crippen LogP contribution in [0.1, 0.15) is 13.8 Å². The Morgan fingerprint density at radius 1 is 1.09 bits per heavy atom. The Morgan fingerprint density at radius 3 is 2.70 bits per heavy atom. The first-order valence-electron chi connectivity index (χ1n) is 7.30. The number of aromatic nitrogens is 2. The van der Waals surface area contributed by atoms with Gasteiger partial charge >= 0.3 is 0 Å². The van der Waals surface area contributed by atoms with E-state index >= 15 is 0 Å². The minimum absolute atomic E-state index is 0.0589. The van der Waals surface area contributed by atoms with Gasteiger partial charge in [0.25, 0.3) is 0 Å². The first kappa shape index (κ1) is 15.5. The van der Waals surface area contributed by atoms with Crippen LogP contribution in [0.5, 0.6) is 0 Å². The molecule has 0 unspecified atom stereocenters. The molecule has 0 atom stereocenters. The molecule has 4 nitrogen and oxygen atoms in total. The molecular formula is C18H17N3OS. The molecule has 23 heavy (non-hydrogen) atoms. The number of carbonyl (C=O) groups is 1. The zero-order chi connectivity index (χ0) is 16.3. The predicted octanol–water partition coefficient (Wildman–Crippen LogP) is 4.14. The monoisotopic (exact) mass is 323 g/mol. The number of rotatable bonds is 4. The molecule has 2 aromatic heterocycles. The van der Waals surface area contributed by atoms with Crippen molar-refractivity contribution < 1.29 is 4.79 Å². The lowest BCUT2D eigenvalue weighted by Gasteiger charge is -2.23. The summed E-state index contributed by atoms with van der Waals surface area (Å²) in [6.07, 6.45) is 5.10. The number of benzene rings is 1. The van der Waals surface area contributed by atoms with Gasteiger partial charge in [0, 0.05) is 22.7 Å². The number of pyridine rings is 2. The van der Waals surface area contributed by atoms with Gasteiger partial charge in [0.15, 0.2) is 0 Å². The number of para-hydroxylation sites is 1. The highest BCUT2D eigenvalue weighted by atomic mass is 32.2. The molecule has 0 aliphatic carbocycles. The Kier molecular flexibility index (Phi) is 4.30. The van der Waals surface area contributed by atoms with Gasteiger partial charge in [-0.1, -0.05) is 18.2 Å². The van der Waals surface area contributed by atoms with Crippen LogP contribution in [-0.2, 0) is 4.79 Å². The highest BCUT2D eigenvalue weighted by Gasteiger charge is 2.29. The number of hydrogen-bond donors (Lipinski definition) is 1. The third-order valence-electron chi connectivity index (χ3n) is 3.44. The summed E-state index contributed by atoms with van der Waals surface area (Å²) in [6.45, 7) is 3.83. The Balaban J connectivity index is 1.83. The van der Waals surface area contributed by atoms with Crippen molar-refractivity contribution >= 4 is 34.3 Å². The van der Waals surface area contributed by atoms with Gasteiger partial charge in [-0.2, -0.15) is 0 Å². The zero-order valence-corrected chi connectivity index (χ0v) is 13.8. The fourth-order valence-electron chi connectivity index (χ4n) is 2.20. The van der Waals surface area contributed by atoms with E-state index in [1.54, 1.807) is 24.7 Å². The number of nitrogens with zero attached hydrogens (tertiary/aromatic N) is 2. The maximum atomic E-state index is 12.6. The molecule has 0 aliphatic heterocycles. The molecule has 1 amide bonds. The molecule has 0 saturated carbocycles. The molecule has 1 N–H and O–H groups in total. The first-order chi connectivity index (χ1) is 11.1. The third kappa shape index (κ3) is 3.51. The Hall–Kier alpha value is -2.40. The van der Waals surface area contributed by atoms with E-state index in [2.05, 4.69) is 15.3 Å². The predicted molar refractivity (Wildman–Crippen MR) is 94.5 cm³/mol. The Morgan fingerprint density at radius 2 is 1.91 bits per heavy atom. The van der Waals surface area contributed by atoms with Gasteiger partial charge in [0.1, 0.15) is 0 Å². The fraction of sp³-hybridized carbons (Fsp3) is 0.167. The Labute approximate surface area is 139 Å². The number of thioether (sulfide) groups is 1. The van der Waals surface area contributed by atoms with Crippen molar-refractivity contribution in [3.05, 3.63) is 61.1 Å². The second-order valence-corrected chi connectivity index (χ2v) is 7.30. The summed E-state index contributed by atoms with van der Waals surface area (Å²) < 4.78 is -0.625. The van der Waals surface area contributed by atoms with E-state index in [4.69, 9.17) is 0 Å². The number of amides is 1. The van der Waals surface area contributed by atoms with Crippen LogP contribution in [0.15, 0.2) is 66.0 Å². The minimum atomic E-state index is -0.625. The van der Waals surface area contributed by atoms with E-state index < -0.39 is 4.75 Å². The van der Waals surface area contributed by atoms with Crippen molar-refractivity contribution in [2.45, 2.75) is 23.5 Å². The summed E-state index contributed by atoms with van der Waals surface area (Å²) in [5, 5.41) is 3.97. The molecule has 3 rings (SSSR count). The van der Waals surface area contributed by atoms with Crippen LogP contribution in [0.2, 0.25) is 0 Å². The molecule has 0 spiro atoms. The highest BCUT2D eigenvalue weighted by Crippen LogP contribution is 2.36. The van der Waals surface area contributed by atoms with E-state index in [-0.39, 0.29) is 5.91 Å². The highest BCUT2D eigenvalue weighted by molar-refractivity contribution is 8.01. The van der Waals surface area contributed by atoms with E-state index in [0.29, 0.717) is 5.69 Å². The van der Waals surface area contributed by atoms with Crippen molar-refractivity contribution in [1.82, 2.24) is 9.97 Å². The molecule has 116 valence electrons. The van der Waals surface area contributed by atoms with Gasteiger partial charge in [-0.3, -0.25) is 14.8 Å². The van der Waals surface area contributed by atoms with Gasteiger partial charge in [0.05, 0.1) is 22.1 Å². The number of fused-ring (bicyclic) bond motifs is 1. The third-order valence-corrected chi connectivity index (χ3v) is 4.71. The maximum Gasteiger partial charge on any atom is 0.240 e. The quantitative estimate of drug-likeness (QED) is 0.733. The summed E-state index contributed by atoms with van der Waals surface area (Å²) >= 11 is 1.53. The van der Waals surface area contributed by atoms with Crippen LogP contribution in [0, 0.1) is 0 Å². The van der Waals surface area contributed by atoms with Crippen LogP contribution in [-0.4, -0.2) is 20.6 Å². The molecule has 5 heteroatoms. The summed E-state index contributed by atoms with van der Waals surface area (Å²) in [5.74, 6) is -0.0589. The summed E-state index contributed by atoms with van der Waals surface area (Å²) in [6, 6.07) is 13.5. The van der Waals surface area contributed by atoms with Crippen LogP contribution in [0.3, 0.4) is 0 Å². The van der Waals surface area contributed by atoms with E-state index in [1.807, 2.05) is 50.2 Å². The summed E-state index contributed by atoms with van der Waals surface area (Å²) in [5.41, 5.74) is 1.63. The molecule has 2 heterocycles. The van der Waals surface area contributed by atoms with E-state index in [9.17, 15) is 4.79 Å². The van der Waals surface area contributed by atoms with Gasteiger partial charge in [-0.15, -0.1) is 11.8 Å². The lowest BCUT2D eigenvalue weighted by Crippen LogP contribution is -2.34. The zero-order valence-electron chi connectivity index (χ0n) is 13.0. The summed E-state index contributed by atoms with van der Waals surface area (Å²) in [4.78, 5) is 22.0. The maximum absolute atomic E-state index is 12.6. The van der Waals surface area contributed by atoms with Crippen molar-refractivity contribution in [2.75, 3.05) is 5.32 Å². The normalized spacial score (nSPS) is 11.4. The van der Waals surface area contributed by atoms with Crippen LogP contribution < -0.4 is 5.32 Å². The average Bonchev–Trinajstić information content (AvgIpc) is 2.56. The van der Waals surface area contributed by atoms with Crippen molar-refractivity contribution in [1.29, 1.82) is 0 Å². The number of carbonyl (C=O) groups excluding carboxylic acids is 1. The molecule has 0 fully saturated rings. The number of anilines is 1. The largest absolute Gasteiger partial charge is 0.324 e. The van der Waals surface area contributed by atoms with E-state index in [0.717, 1.165) is 15.8 Å². The minimum Gasteiger partial charge on any atom is -0.324 e. The standard InChI is InChI=1S/C18H17N3OS/c1-18(2,17(22)21-13-6-5-10-19-12-13)23-16-9-11-20-15-8-4-3-7-14(15)16/h3-12H,1-2H3,(H,21,22). The van der Waals surface area contributed by atoms with Gasteiger partial charge < -0.3 is 5.32 Å². The molecule has 3 aromatic rings. The fourth-order valence-corrected chi connectivity index (χ4v) is 3.30. The molecule has 0 bridgehead atoms. The second kappa shape index (κ2) is 6.38. The molecule has 0 radical (unpaired) electrons. The molecule has 0 aliphatic rings. The van der Waals surface area contributed by atoms with Crippen molar-refractivity contribution in [3.8, 4) is 0 Å². The lowest BCUT2D eigenvalue weighted by molar-refractivity contribution is -0.117. The lowest BCUT2D eigenvalue weighted by atomic mass is 10.2.